The van der Waals surface area contributed by atoms with Crippen molar-refractivity contribution in [1.29, 1.82) is 0 Å². The Hall–Kier alpha value is -0.0400. The Morgan fingerprint density at radius 3 is 2.38 bits per heavy atom. The van der Waals surface area contributed by atoms with Crippen molar-refractivity contribution in [3.05, 3.63) is 0 Å². The summed E-state index contributed by atoms with van der Waals surface area (Å²) in [5, 5.41) is 11.1. The van der Waals surface area contributed by atoms with E-state index in [1.807, 2.05) is 0 Å². The summed E-state index contributed by atoms with van der Waals surface area (Å²) in [4.78, 5) is 0. The van der Waals surface area contributed by atoms with Crippen LogP contribution in [-0.2, 0) is 0 Å². The zero-order valence-electron chi connectivity index (χ0n) is 11.2. The van der Waals surface area contributed by atoms with Gasteiger partial charge < -0.3 is 5.11 Å². The molecule has 3 saturated carbocycles. The lowest BCUT2D eigenvalue weighted by Gasteiger charge is -2.37. The van der Waals surface area contributed by atoms with Crippen LogP contribution in [0.1, 0.15) is 53.4 Å². The van der Waals surface area contributed by atoms with Crippen LogP contribution >= 0.6 is 0 Å². The topological polar surface area (TPSA) is 20.2 Å². The van der Waals surface area contributed by atoms with Crippen LogP contribution in [0, 0.1) is 35.0 Å². The summed E-state index contributed by atoms with van der Waals surface area (Å²) in [6.45, 7) is 9.49. The minimum atomic E-state index is -0.327. The monoisotopic (exact) mass is 222 g/mol. The van der Waals surface area contributed by atoms with Crippen molar-refractivity contribution < 1.29 is 5.11 Å². The van der Waals surface area contributed by atoms with Crippen LogP contribution in [0.4, 0.5) is 0 Å². The predicted octanol–water partition coefficient (Wildman–Crippen LogP) is 3.47. The van der Waals surface area contributed by atoms with Gasteiger partial charge in [0.1, 0.15) is 0 Å². The molecule has 16 heavy (non-hydrogen) atoms. The molecule has 3 rings (SSSR count). The molecule has 3 aliphatic carbocycles. The minimum Gasteiger partial charge on any atom is -0.389 e. The first-order valence-corrected chi connectivity index (χ1v) is 7.11. The Balaban J connectivity index is 1.98. The van der Waals surface area contributed by atoms with Gasteiger partial charge in [0.05, 0.1) is 5.60 Å². The normalized spacial score (nSPS) is 58.7. The van der Waals surface area contributed by atoms with Crippen molar-refractivity contribution in [1.82, 2.24) is 0 Å². The van der Waals surface area contributed by atoms with Gasteiger partial charge in [-0.2, -0.15) is 0 Å². The third-order valence-electron chi connectivity index (χ3n) is 6.48. The average molecular weight is 222 g/mol. The fourth-order valence-corrected chi connectivity index (χ4v) is 5.27. The second kappa shape index (κ2) is 3.04. The molecule has 0 spiro atoms. The SMILES string of the molecule is C[C@@H]1CC[C@@]2(O)[C@@H]1[C@@H]1[C@@H](CC[C@H]2C)C1(C)C. The van der Waals surface area contributed by atoms with Crippen LogP contribution in [0.2, 0.25) is 0 Å². The van der Waals surface area contributed by atoms with E-state index in [1.165, 1.54) is 19.3 Å². The fraction of sp³-hybridized carbons (Fsp3) is 1.00. The molecule has 0 heterocycles. The molecular formula is C15H26O. The lowest BCUT2D eigenvalue weighted by atomic mass is 9.73. The van der Waals surface area contributed by atoms with Crippen LogP contribution in [0.25, 0.3) is 0 Å². The summed E-state index contributed by atoms with van der Waals surface area (Å²) < 4.78 is 0. The highest BCUT2D eigenvalue weighted by atomic mass is 16.3. The van der Waals surface area contributed by atoms with E-state index in [-0.39, 0.29) is 5.60 Å². The second-order valence-electron chi connectivity index (χ2n) is 7.47. The van der Waals surface area contributed by atoms with E-state index in [0.717, 1.165) is 24.2 Å². The molecule has 0 saturated heterocycles. The molecule has 1 heteroatoms. The maximum Gasteiger partial charge on any atom is 0.0706 e. The van der Waals surface area contributed by atoms with Crippen molar-refractivity contribution in [2.45, 2.75) is 59.0 Å². The smallest absolute Gasteiger partial charge is 0.0706 e. The van der Waals surface area contributed by atoms with E-state index in [1.54, 1.807) is 0 Å². The fourth-order valence-electron chi connectivity index (χ4n) is 5.27. The first-order valence-electron chi connectivity index (χ1n) is 7.11. The van der Waals surface area contributed by atoms with E-state index >= 15 is 0 Å². The number of hydrogen-bond acceptors (Lipinski definition) is 1. The van der Waals surface area contributed by atoms with Gasteiger partial charge in [-0.15, -0.1) is 0 Å². The van der Waals surface area contributed by atoms with Gasteiger partial charge in [-0.25, -0.2) is 0 Å². The molecule has 0 aromatic rings. The van der Waals surface area contributed by atoms with E-state index in [4.69, 9.17) is 0 Å². The van der Waals surface area contributed by atoms with Crippen LogP contribution in [0.15, 0.2) is 0 Å². The molecule has 0 bridgehead atoms. The maximum absolute atomic E-state index is 11.1. The molecule has 3 aliphatic rings. The third kappa shape index (κ3) is 1.16. The number of hydrogen-bond donors (Lipinski definition) is 1. The summed E-state index contributed by atoms with van der Waals surface area (Å²) >= 11 is 0. The Morgan fingerprint density at radius 1 is 1.00 bits per heavy atom. The van der Waals surface area contributed by atoms with Gasteiger partial charge in [-0.3, -0.25) is 0 Å². The molecule has 0 radical (unpaired) electrons. The molecule has 1 nitrogen and oxygen atoms in total. The summed E-state index contributed by atoms with van der Waals surface area (Å²) in [5.74, 6) is 3.55. The van der Waals surface area contributed by atoms with Gasteiger partial charge in [0.15, 0.2) is 0 Å². The van der Waals surface area contributed by atoms with Crippen molar-refractivity contribution >= 4 is 0 Å². The van der Waals surface area contributed by atoms with Gasteiger partial charge in [0, 0.05) is 0 Å². The van der Waals surface area contributed by atoms with Crippen LogP contribution in [0.5, 0.6) is 0 Å². The number of aliphatic hydroxyl groups is 1. The number of rotatable bonds is 0. The molecular weight excluding hydrogens is 196 g/mol. The Labute approximate surface area is 99.6 Å². The van der Waals surface area contributed by atoms with Crippen molar-refractivity contribution in [2.24, 2.45) is 35.0 Å². The molecule has 0 amide bonds. The van der Waals surface area contributed by atoms with Gasteiger partial charge in [-0.1, -0.05) is 27.7 Å². The Bertz CT molecular complexity index is 309. The van der Waals surface area contributed by atoms with E-state index in [9.17, 15) is 5.11 Å². The van der Waals surface area contributed by atoms with Crippen molar-refractivity contribution in [2.75, 3.05) is 0 Å². The summed E-state index contributed by atoms with van der Waals surface area (Å²) in [6, 6.07) is 0. The molecule has 0 aromatic heterocycles. The first-order chi connectivity index (χ1) is 7.39. The summed E-state index contributed by atoms with van der Waals surface area (Å²) in [6.07, 6.45) is 4.89. The third-order valence-corrected chi connectivity index (χ3v) is 6.48. The van der Waals surface area contributed by atoms with E-state index < -0.39 is 0 Å². The summed E-state index contributed by atoms with van der Waals surface area (Å²) in [7, 11) is 0. The standard InChI is InChI=1S/C15H26O/c1-9-7-8-15(16)10(2)5-6-11-13(12(9)15)14(11,3)4/h9-13,16H,5-8H2,1-4H3/t9-,10-,11-,12+,13+,15+/m1/s1. The molecule has 0 unspecified atom stereocenters. The van der Waals surface area contributed by atoms with Crippen molar-refractivity contribution in [3.63, 3.8) is 0 Å². The maximum atomic E-state index is 11.1. The lowest BCUT2D eigenvalue weighted by Crippen LogP contribution is -2.42. The first kappa shape index (κ1) is 11.1. The van der Waals surface area contributed by atoms with Crippen LogP contribution < -0.4 is 0 Å². The highest BCUT2D eigenvalue weighted by molar-refractivity contribution is 5.17. The van der Waals surface area contributed by atoms with Crippen LogP contribution in [-0.4, -0.2) is 10.7 Å². The lowest BCUT2D eigenvalue weighted by molar-refractivity contribution is -0.0624. The molecule has 3 fully saturated rings. The zero-order valence-corrected chi connectivity index (χ0v) is 11.2. The molecule has 0 aliphatic heterocycles. The van der Waals surface area contributed by atoms with Gasteiger partial charge in [-0.05, 0) is 60.7 Å². The molecule has 0 aromatic carbocycles. The zero-order chi connectivity index (χ0) is 11.7. The quantitative estimate of drug-likeness (QED) is 0.665. The molecule has 1 N–H and O–H groups in total. The van der Waals surface area contributed by atoms with Crippen molar-refractivity contribution in [3.8, 4) is 0 Å². The van der Waals surface area contributed by atoms with E-state index in [0.29, 0.717) is 17.3 Å². The average Bonchev–Trinajstić information content (AvgIpc) is 2.64. The highest BCUT2D eigenvalue weighted by Crippen LogP contribution is 2.71. The molecule has 92 valence electrons. The van der Waals surface area contributed by atoms with Gasteiger partial charge in [0.25, 0.3) is 0 Å². The highest BCUT2D eigenvalue weighted by Gasteiger charge is 2.68. The van der Waals surface area contributed by atoms with Crippen LogP contribution in [0.3, 0.4) is 0 Å². The summed E-state index contributed by atoms with van der Waals surface area (Å²) in [5.41, 5.74) is 0.185. The van der Waals surface area contributed by atoms with Gasteiger partial charge >= 0.3 is 0 Å². The Morgan fingerprint density at radius 2 is 1.69 bits per heavy atom. The predicted molar refractivity (Wildman–Crippen MR) is 66.0 cm³/mol. The second-order valence-corrected chi connectivity index (χ2v) is 7.47. The number of fused-ring (bicyclic) bond motifs is 3. The minimum absolute atomic E-state index is 0.327. The Kier molecular flexibility index (Phi) is 2.11. The molecule has 6 atom stereocenters. The van der Waals surface area contributed by atoms with Gasteiger partial charge in [0.2, 0.25) is 0 Å². The largest absolute Gasteiger partial charge is 0.389 e. The van der Waals surface area contributed by atoms with E-state index in [2.05, 4.69) is 27.7 Å².